The van der Waals surface area contributed by atoms with Crippen LogP contribution in [0.15, 0.2) is 48.5 Å². The number of amides is 1. The number of sulfonamides is 1. The van der Waals surface area contributed by atoms with E-state index in [1.165, 1.54) is 28.6 Å². The zero-order valence-electron chi connectivity index (χ0n) is 14.3. The molecule has 1 amide bonds. The van der Waals surface area contributed by atoms with E-state index in [2.05, 4.69) is 5.32 Å². The van der Waals surface area contributed by atoms with Crippen molar-refractivity contribution in [2.24, 2.45) is 0 Å². The van der Waals surface area contributed by atoms with Crippen molar-refractivity contribution in [3.63, 3.8) is 0 Å². The van der Waals surface area contributed by atoms with Crippen LogP contribution in [0.3, 0.4) is 0 Å². The van der Waals surface area contributed by atoms with Gasteiger partial charge in [0.25, 0.3) is 0 Å². The van der Waals surface area contributed by atoms with Crippen molar-refractivity contribution in [1.29, 1.82) is 0 Å². The summed E-state index contributed by atoms with van der Waals surface area (Å²) in [5.74, 6) is -0.614. The average Bonchev–Trinajstić information content (AvgIpc) is 2.57. The van der Waals surface area contributed by atoms with E-state index >= 15 is 0 Å². The van der Waals surface area contributed by atoms with Crippen molar-refractivity contribution in [2.45, 2.75) is 13.0 Å². The summed E-state index contributed by atoms with van der Waals surface area (Å²) in [6.45, 7) is 0.529. The van der Waals surface area contributed by atoms with Gasteiger partial charge < -0.3 is 5.32 Å². The molecule has 0 atom stereocenters. The molecule has 0 radical (unpaired) electrons. The molecule has 0 aliphatic heterocycles. The van der Waals surface area contributed by atoms with Gasteiger partial charge in [0.15, 0.2) is 0 Å². The number of benzene rings is 2. The highest BCUT2D eigenvalue weighted by molar-refractivity contribution is 7.88. The molecule has 0 aliphatic carbocycles. The average molecular weight is 399 g/mol. The molecular formula is C18H20ClFN2O3S. The fourth-order valence-electron chi connectivity index (χ4n) is 2.33. The van der Waals surface area contributed by atoms with Crippen molar-refractivity contribution >= 4 is 27.5 Å². The third-order valence-corrected chi connectivity index (χ3v) is 5.20. The van der Waals surface area contributed by atoms with Crippen LogP contribution in [0.25, 0.3) is 0 Å². The van der Waals surface area contributed by atoms with Gasteiger partial charge >= 0.3 is 0 Å². The summed E-state index contributed by atoms with van der Waals surface area (Å²) in [7, 11) is -3.43. The predicted octanol–water partition coefficient (Wildman–Crippen LogP) is 2.60. The van der Waals surface area contributed by atoms with E-state index in [4.69, 9.17) is 11.6 Å². The van der Waals surface area contributed by atoms with E-state index in [-0.39, 0.29) is 37.8 Å². The fourth-order valence-corrected chi connectivity index (χ4v) is 3.26. The first-order chi connectivity index (χ1) is 12.2. The molecule has 2 aromatic rings. The molecule has 2 rings (SSSR count). The number of halogens is 2. The van der Waals surface area contributed by atoms with Crippen LogP contribution < -0.4 is 5.32 Å². The normalized spacial score (nSPS) is 11.5. The molecule has 1 N–H and O–H groups in total. The lowest BCUT2D eigenvalue weighted by Crippen LogP contribution is -2.38. The van der Waals surface area contributed by atoms with Crippen molar-refractivity contribution in [3.8, 4) is 0 Å². The third-order valence-electron chi connectivity index (χ3n) is 3.70. The number of nitrogens with one attached hydrogen (secondary N) is 1. The van der Waals surface area contributed by atoms with Crippen LogP contribution in [-0.4, -0.2) is 38.0 Å². The first kappa shape index (κ1) is 20.4. The van der Waals surface area contributed by atoms with Crippen molar-refractivity contribution < 1.29 is 17.6 Å². The number of hydrogen-bond acceptors (Lipinski definition) is 3. The summed E-state index contributed by atoms with van der Waals surface area (Å²) in [6.07, 6.45) is 1.24. The van der Waals surface area contributed by atoms with Crippen LogP contribution in [0.1, 0.15) is 11.1 Å². The van der Waals surface area contributed by atoms with Gasteiger partial charge in [0.05, 0.1) is 12.7 Å². The zero-order chi connectivity index (χ0) is 19.2. The minimum Gasteiger partial charge on any atom is -0.354 e. The Labute approximate surface area is 157 Å². The Bertz CT molecular complexity index is 840. The molecule has 140 valence electrons. The van der Waals surface area contributed by atoms with Gasteiger partial charge in [-0.05, 0) is 35.4 Å². The summed E-state index contributed by atoms with van der Waals surface area (Å²) in [5.41, 5.74) is 1.49. The van der Waals surface area contributed by atoms with Crippen molar-refractivity contribution in [3.05, 3.63) is 70.5 Å². The maximum atomic E-state index is 12.9. The molecule has 0 fully saturated rings. The molecule has 0 aromatic heterocycles. The second kappa shape index (κ2) is 9.12. The van der Waals surface area contributed by atoms with Gasteiger partial charge in [-0.25, -0.2) is 12.8 Å². The van der Waals surface area contributed by atoms with E-state index in [0.717, 1.165) is 11.8 Å². The molecular weight excluding hydrogens is 379 g/mol. The third kappa shape index (κ3) is 6.74. The summed E-state index contributed by atoms with van der Waals surface area (Å²) in [5, 5.41) is 3.26. The lowest BCUT2D eigenvalue weighted by atomic mass is 10.1. The highest BCUT2D eigenvalue weighted by atomic mass is 35.5. The topological polar surface area (TPSA) is 66.5 Å². The Morgan fingerprint density at radius 1 is 1.08 bits per heavy atom. The minimum atomic E-state index is -3.43. The lowest BCUT2D eigenvalue weighted by Gasteiger charge is -2.20. The number of carbonyl (C=O) groups excluding carboxylic acids is 1. The second-order valence-electron chi connectivity index (χ2n) is 5.88. The summed E-state index contributed by atoms with van der Waals surface area (Å²) in [6, 6.07) is 12.6. The van der Waals surface area contributed by atoms with Crippen LogP contribution >= 0.6 is 11.6 Å². The minimum absolute atomic E-state index is 0.107. The zero-order valence-corrected chi connectivity index (χ0v) is 15.9. The number of rotatable bonds is 8. The van der Waals surface area contributed by atoms with Crippen LogP contribution in [0.5, 0.6) is 0 Å². The van der Waals surface area contributed by atoms with E-state index in [9.17, 15) is 17.6 Å². The summed E-state index contributed by atoms with van der Waals surface area (Å²) >= 11 is 5.83. The maximum Gasteiger partial charge on any atom is 0.224 e. The van der Waals surface area contributed by atoms with Gasteiger partial charge in [-0.1, -0.05) is 35.9 Å². The smallest absolute Gasteiger partial charge is 0.224 e. The Balaban J connectivity index is 1.87. The fraction of sp³-hybridized carbons (Fsp3) is 0.278. The quantitative estimate of drug-likeness (QED) is 0.743. The van der Waals surface area contributed by atoms with Gasteiger partial charge in [-0.3, -0.25) is 4.79 Å². The highest BCUT2D eigenvalue weighted by Gasteiger charge is 2.17. The Morgan fingerprint density at radius 3 is 2.23 bits per heavy atom. The van der Waals surface area contributed by atoms with Crippen LogP contribution in [0.4, 0.5) is 4.39 Å². The second-order valence-corrected chi connectivity index (χ2v) is 8.30. The largest absolute Gasteiger partial charge is 0.354 e. The standard InChI is InChI=1S/C18H20ClFN2O3S/c1-26(24,25)22(13-15-2-6-16(19)7-3-15)11-10-21-18(23)12-14-4-8-17(20)9-5-14/h2-9H,10-13H2,1H3,(H,21,23). The number of nitrogens with zero attached hydrogens (tertiary/aromatic N) is 1. The molecule has 0 aliphatic rings. The molecule has 0 saturated carbocycles. The van der Waals surface area contributed by atoms with Crippen LogP contribution in [0, 0.1) is 5.82 Å². The monoisotopic (exact) mass is 398 g/mol. The number of hydrogen-bond donors (Lipinski definition) is 1. The molecule has 0 spiro atoms. The predicted molar refractivity (Wildman–Crippen MR) is 99.8 cm³/mol. The SMILES string of the molecule is CS(=O)(=O)N(CCNC(=O)Cc1ccc(F)cc1)Cc1ccc(Cl)cc1. The van der Waals surface area contributed by atoms with Crippen LogP contribution in [0.2, 0.25) is 5.02 Å². The molecule has 0 unspecified atom stereocenters. The van der Waals surface area contributed by atoms with Gasteiger partial charge in [-0.15, -0.1) is 0 Å². The van der Waals surface area contributed by atoms with Gasteiger partial charge in [0.2, 0.25) is 15.9 Å². The van der Waals surface area contributed by atoms with Gasteiger partial charge in [0, 0.05) is 24.7 Å². The highest BCUT2D eigenvalue weighted by Crippen LogP contribution is 2.13. The lowest BCUT2D eigenvalue weighted by molar-refractivity contribution is -0.120. The van der Waals surface area contributed by atoms with Crippen molar-refractivity contribution in [2.75, 3.05) is 19.3 Å². The molecule has 2 aromatic carbocycles. The van der Waals surface area contributed by atoms with E-state index in [0.29, 0.717) is 10.6 Å². The van der Waals surface area contributed by atoms with Gasteiger partial charge in [-0.2, -0.15) is 4.31 Å². The van der Waals surface area contributed by atoms with E-state index in [1.807, 2.05) is 0 Å². The molecule has 8 heteroatoms. The Morgan fingerprint density at radius 2 is 1.65 bits per heavy atom. The first-order valence-corrected chi connectivity index (χ1v) is 10.2. The number of carbonyl (C=O) groups is 1. The molecule has 0 heterocycles. The molecule has 0 saturated heterocycles. The van der Waals surface area contributed by atoms with Crippen molar-refractivity contribution in [1.82, 2.24) is 9.62 Å². The first-order valence-electron chi connectivity index (χ1n) is 7.95. The molecule has 0 bridgehead atoms. The molecule has 26 heavy (non-hydrogen) atoms. The molecule has 5 nitrogen and oxygen atoms in total. The summed E-state index contributed by atoms with van der Waals surface area (Å²) < 4.78 is 38.1. The van der Waals surface area contributed by atoms with Gasteiger partial charge in [0.1, 0.15) is 5.82 Å². The maximum absolute atomic E-state index is 12.9. The summed E-state index contributed by atoms with van der Waals surface area (Å²) in [4.78, 5) is 11.9. The Kier molecular flexibility index (Phi) is 7.14. The van der Waals surface area contributed by atoms with Crippen LogP contribution in [-0.2, 0) is 27.8 Å². The van der Waals surface area contributed by atoms with E-state index in [1.54, 1.807) is 24.3 Å². The van der Waals surface area contributed by atoms with E-state index < -0.39 is 10.0 Å². The Hall–Kier alpha value is -1.96.